The molecule has 3 N–H and O–H groups in total. The van der Waals surface area contributed by atoms with Gasteiger partial charge in [0.2, 0.25) is 5.91 Å². The molecule has 0 bridgehead atoms. The third kappa shape index (κ3) is 8.67. The normalized spacial score (nSPS) is 21.0. The summed E-state index contributed by atoms with van der Waals surface area (Å²) in [6.07, 6.45) is 6.37. The lowest BCUT2D eigenvalue weighted by atomic mass is 10.0. The van der Waals surface area contributed by atoms with Gasteiger partial charge in [0.1, 0.15) is 17.3 Å². The zero-order chi connectivity index (χ0) is 32.8. The summed E-state index contributed by atoms with van der Waals surface area (Å²) < 4.78 is 27.3. The first kappa shape index (κ1) is 33.5. The van der Waals surface area contributed by atoms with E-state index >= 15 is 4.39 Å². The van der Waals surface area contributed by atoms with Crippen LogP contribution in [0.5, 0.6) is 11.5 Å². The minimum absolute atomic E-state index is 0. The van der Waals surface area contributed by atoms with Gasteiger partial charge in [-0.05, 0) is 91.1 Å². The Hall–Kier alpha value is -3.89. The highest BCUT2D eigenvalue weighted by Gasteiger charge is 2.29. The topological polar surface area (TPSA) is 119 Å². The average molecular weight is 634 g/mol. The molecule has 3 saturated heterocycles. The molecule has 0 aliphatic carbocycles. The lowest BCUT2D eigenvalue weighted by Crippen LogP contribution is -2.46. The van der Waals surface area contributed by atoms with E-state index in [2.05, 4.69) is 10.2 Å². The van der Waals surface area contributed by atoms with Crippen molar-refractivity contribution in [2.75, 3.05) is 39.4 Å². The van der Waals surface area contributed by atoms with Gasteiger partial charge < -0.3 is 35.4 Å². The summed E-state index contributed by atoms with van der Waals surface area (Å²) in [5, 5.41) is 19.4. The van der Waals surface area contributed by atoms with Crippen LogP contribution in [-0.4, -0.2) is 78.5 Å². The highest BCUT2D eigenvalue weighted by Crippen LogP contribution is 2.32. The van der Waals surface area contributed by atoms with E-state index in [1.54, 1.807) is 41.3 Å². The van der Waals surface area contributed by atoms with Gasteiger partial charge in [0, 0.05) is 64.5 Å². The molecule has 0 spiro atoms. The fraction of sp³-hybridized carbons (Fsp3) is 0.500. The molecule has 3 aliphatic rings. The Morgan fingerprint density at radius 2 is 1.89 bits per heavy atom. The van der Waals surface area contributed by atoms with Crippen LogP contribution >= 0.6 is 0 Å². The molecule has 3 heterocycles. The molecule has 3 fully saturated rings. The van der Waals surface area contributed by atoms with Gasteiger partial charge in [-0.1, -0.05) is 20.8 Å². The van der Waals surface area contributed by atoms with Crippen molar-refractivity contribution in [3.8, 4) is 11.5 Å². The third-order valence-electron chi connectivity index (χ3n) is 9.07. The van der Waals surface area contributed by atoms with Gasteiger partial charge in [-0.15, -0.1) is 0 Å². The van der Waals surface area contributed by atoms with Crippen LogP contribution in [0.3, 0.4) is 0 Å². The van der Waals surface area contributed by atoms with E-state index in [4.69, 9.17) is 20.3 Å². The van der Waals surface area contributed by atoms with Crippen molar-refractivity contribution < 1.29 is 24.9 Å². The highest BCUT2D eigenvalue weighted by molar-refractivity contribution is 6.10. The SMILES string of the molecule is CC(C)C(=N)/C=C\C(=N)c1ccc(Oc2cc(C(=O)NC3CCN(CC4CCOC4)CC3)c(F)cc2CN2C[C@@H](C)CC2=O)cc1.[HH]. The molecular formula is C36H48FN5O4. The van der Waals surface area contributed by atoms with Crippen molar-refractivity contribution in [2.24, 2.45) is 17.8 Å². The number of benzene rings is 2. The van der Waals surface area contributed by atoms with Gasteiger partial charge in [0.25, 0.3) is 5.91 Å². The van der Waals surface area contributed by atoms with E-state index in [-0.39, 0.29) is 43.0 Å². The number of carbonyl (C=O) groups is 2. The summed E-state index contributed by atoms with van der Waals surface area (Å²) in [6, 6.07) is 9.63. The Morgan fingerprint density at radius 3 is 2.52 bits per heavy atom. The Kier molecular flexibility index (Phi) is 11.0. The summed E-state index contributed by atoms with van der Waals surface area (Å²) in [7, 11) is 0. The second-order valence-corrected chi connectivity index (χ2v) is 13.3. The number of piperidine rings is 1. The summed E-state index contributed by atoms with van der Waals surface area (Å²) in [5.74, 6) is 0.495. The van der Waals surface area contributed by atoms with Gasteiger partial charge in [0.05, 0.1) is 17.9 Å². The number of amides is 2. The molecule has 46 heavy (non-hydrogen) atoms. The molecule has 2 atom stereocenters. The number of nitrogens with zero attached hydrogens (tertiary/aromatic N) is 2. The van der Waals surface area contributed by atoms with Gasteiger partial charge in [-0.25, -0.2) is 4.39 Å². The van der Waals surface area contributed by atoms with Crippen LogP contribution in [-0.2, 0) is 16.1 Å². The summed E-state index contributed by atoms with van der Waals surface area (Å²) in [4.78, 5) is 30.1. The average Bonchev–Trinajstić information content (AvgIpc) is 3.66. The number of nitrogens with one attached hydrogen (secondary N) is 3. The Morgan fingerprint density at radius 1 is 1.15 bits per heavy atom. The number of carbonyl (C=O) groups excluding carboxylic acids is 2. The number of rotatable bonds is 12. The molecule has 1 unspecified atom stereocenters. The van der Waals surface area contributed by atoms with Crippen LogP contribution in [0.15, 0.2) is 48.6 Å². The molecule has 3 aliphatic heterocycles. The Balaban J connectivity index is 0.00000500. The summed E-state index contributed by atoms with van der Waals surface area (Å²) >= 11 is 0. The van der Waals surface area contributed by atoms with Crippen LogP contribution < -0.4 is 10.1 Å². The summed E-state index contributed by atoms with van der Waals surface area (Å²) in [6.45, 7) is 11.0. The first-order valence-electron chi connectivity index (χ1n) is 16.4. The molecule has 248 valence electrons. The predicted octanol–water partition coefficient (Wildman–Crippen LogP) is 6.06. The molecule has 0 radical (unpaired) electrons. The standard InChI is InChI=1S/C36H46FN5O4.H2/c1-23(2)32(38)8-9-33(39)26-4-6-29(7-5-26)46-34-18-30(31(37)17-27(34)21-42-19-24(3)16-35(42)43)36(44)40-28-10-13-41(14-11-28)20-25-12-15-45-22-25;/h4-9,17-18,23-25,28,38-39H,10-16,19-22H2,1-3H3,(H,40,44);1H/b9-8-,38-32?,39-33?;/t24-,25?;/m0./s1. The maximum Gasteiger partial charge on any atom is 0.254 e. The van der Waals surface area contributed by atoms with E-state index in [1.807, 2.05) is 20.8 Å². The molecule has 9 nitrogen and oxygen atoms in total. The van der Waals surface area contributed by atoms with Crippen LogP contribution in [0.2, 0.25) is 0 Å². The first-order chi connectivity index (χ1) is 22.0. The van der Waals surface area contributed by atoms with Crippen LogP contribution in [0.25, 0.3) is 0 Å². The van der Waals surface area contributed by atoms with Crippen molar-refractivity contribution in [2.45, 2.75) is 59.0 Å². The number of hydrogen-bond acceptors (Lipinski definition) is 7. The first-order valence-corrected chi connectivity index (χ1v) is 16.4. The molecule has 5 rings (SSSR count). The number of hydrogen-bond donors (Lipinski definition) is 3. The van der Waals surface area contributed by atoms with Crippen molar-refractivity contribution >= 4 is 23.2 Å². The molecule has 0 aromatic heterocycles. The second kappa shape index (κ2) is 15.1. The minimum atomic E-state index is -0.652. The fourth-order valence-electron chi connectivity index (χ4n) is 6.22. The lowest BCUT2D eigenvalue weighted by molar-refractivity contribution is -0.128. The monoisotopic (exact) mass is 633 g/mol. The highest BCUT2D eigenvalue weighted by atomic mass is 19.1. The smallest absolute Gasteiger partial charge is 0.254 e. The maximum absolute atomic E-state index is 15.5. The predicted molar refractivity (Wildman–Crippen MR) is 179 cm³/mol. The number of likely N-dealkylation sites (tertiary alicyclic amines) is 2. The molecule has 2 aromatic carbocycles. The largest absolute Gasteiger partial charge is 0.457 e. The molecule has 2 aromatic rings. The van der Waals surface area contributed by atoms with E-state index in [1.165, 1.54) is 12.1 Å². The van der Waals surface area contributed by atoms with Gasteiger partial charge >= 0.3 is 0 Å². The van der Waals surface area contributed by atoms with Crippen molar-refractivity contribution in [1.29, 1.82) is 10.8 Å². The fourth-order valence-corrected chi connectivity index (χ4v) is 6.22. The Bertz CT molecular complexity index is 1470. The third-order valence-corrected chi connectivity index (χ3v) is 9.07. The summed E-state index contributed by atoms with van der Waals surface area (Å²) in [5.41, 5.74) is 1.74. The Labute approximate surface area is 272 Å². The molecule has 10 heteroatoms. The molecule has 2 amide bonds. The zero-order valence-electron chi connectivity index (χ0n) is 27.1. The molecular weight excluding hydrogens is 585 g/mol. The number of ether oxygens (including phenoxy) is 2. The lowest BCUT2D eigenvalue weighted by Gasteiger charge is -2.33. The van der Waals surface area contributed by atoms with E-state index in [9.17, 15) is 9.59 Å². The molecule has 0 saturated carbocycles. The second-order valence-electron chi connectivity index (χ2n) is 13.3. The van der Waals surface area contributed by atoms with Crippen molar-refractivity contribution in [3.63, 3.8) is 0 Å². The van der Waals surface area contributed by atoms with E-state index in [0.717, 1.165) is 52.1 Å². The van der Waals surface area contributed by atoms with Crippen molar-refractivity contribution in [1.82, 2.24) is 15.1 Å². The van der Waals surface area contributed by atoms with E-state index < -0.39 is 11.7 Å². The minimum Gasteiger partial charge on any atom is -0.457 e. The van der Waals surface area contributed by atoms with Gasteiger partial charge in [-0.3, -0.25) is 9.59 Å². The quantitative estimate of drug-likeness (QED) is 0.246. The van der Waals surface area contributed by atoms with E-state index in [0.29, 0.717) is 47.2 Å². The van der Waals surface area contributed by atoms with Gasteiger partial charge in [-0.2, -0.15) is 0 Å². The van der Waals surface area contributed by atoms with Gasteiger partial charge in [0.15, 0.2) is 0 Å². The van der Waals surface area contributed by atoms with Crippen LogP contribution in [0.4, 0.5) is 4.39 Å². The zero-order valence-corrected chi connectivity index (χ0v) is 27.1. The van der Waals surface area contributed by atoms with Crippen molar-refractivity contribution in [3.05, 3.63) is 71.1 Å². The maximum atomic E-state index is 15.5. The van der Waals surface area contributed by atoms with Crippen LogP contribution in [0.1, 0.15) is 69.4 Å². The number of allylic oxidation sites excluding steroid dienone is 2. The number of halogens is 1. The van der Waals surface area contributed by atoms with Crippen LogP contribution in [0, 0.1) is 34.4 Å².